The van der Waals surface area contributed by atoms with Gasteiger partial charge < -0.3 is 10.8 Å². The quantitative estimate of drug-likeness (QED) is 0.894. The summed E-state index contributed by atoms with van der Waals surface area (Å²) in [6.45, 7) is 0.411. The highest BCUT2D eigenvalue weighted by Crippen LogP contribution is 2.56. The Labute approximate surface area is 123 Å². The number of hydrogen-bond donors (Lipinski definition) is 2. The van der Waals surface area contributed by atoms with E-state index < -0.39 is 6.10 Å². The van der Waals surface area contributed by atoms with Gasteiger partial charge in [0.25, 0.3) is 0 Å². The molecule has 0 spiro atoms. The maximum absolute atomic E-state index is 10.6. The summed E-state index contributed by atoms with van der Waals surface area (Å²) in [6, 6.07) is 5.42. The highest BCUT2D eigenvalue weighted by Gasteiger charge is 2.48. The lowest BCUT2D eigenvalue weighted by Gasteiger charge is -2.28. The fraction of sp³-hybridized carbons (Fsp3) is 0.600. The van der Waals surface area contributed by atoms with Crippen molar-refractivity contribution in [2.75, 3.05) is 6.54 Å². The van der Waals surface area contributed by atoms with Crippen LogP contribution in [0.25, 0.3) is 0 Å². The molecule has 0 aliphatic heterocycles. The van der Waals surface area contributed by atoms with Crippen LogP contribution in [0.3, 0.4) is 0 Å². The first-order chi connectivity index (χ1) is 9.10. The largest absolute Gasteiger partial charge is 0.392 e. The maximum Gasteiger partial charge on any atom is 0.0649 e. The Morgan fingerprint density at radius 3 is 2.47 bits per heavy atom. The lowest BCUT2D eigenvalue weighted by atomic mass is 9.83. The van der Waals surface area contributed by atoms with Gasteiger partial charge in [0.15, 0.2) is 0 Å². The van der Waals surface area contributed by atoms with Crippen LogP contribution in [0.1, 0.15) is 30.7 Å². The molecule has 0 bridgehead atoms. The van der Waals surface area contributed by atoms with Gasteiger partial charge in [-0.25, -0.2) is 0 Å². The Hall–Kier alpha value is -0.280. The molecule has 4 heteroatoms. The Balaban J connectivity index is 1.79. The fourth-order valence-electron chi connectivity index (χ4n) is 3.62. The average Bonchev–Trinajstić information content (AvgIpc) is 2.99. The van der Waals surface area contributed by atoms with E-state index in [-0.39, 0.29) is 5.92 Å². The van der Waals surface area contributed by atoms with E-state index in [9.17, 15) is 5.11 Å². The lowest BCUT2D eigenvalue weighted by Crippen LogP contribution is -2.32. The highest BCUT2D eigenvalue weighted by atomic mass is 35.5. The van der Waals surface area contributed by atoms with Crippen LogP contribution in [0, 0.1) is 17.8 Å². The second-order valence-corrected chi connectivity index (χ2v) is 6.83. The number of nitrogens with two attached hydrogens (primary N) is 1. The van der Waals surface area contributed by atoms with Crippen LogP contribution < -0.4 is 5.73 Å². The van der Waals surface area contributed by atoms with Crippen molar-refractivity contribution in [1.29, 1.82) is 0 Å². The zero-order valence-corrected chi connectivity index (χ0v) is 12.2. The van der Waals surface area contributed by atoms with E-state index in [0.717, 1.165) is 30.2 Å². The summed E-state index contributed by atoms with van der Waals surface area (Å²) in [7, 11) is 0. The van der Waals surface area contributed by atoms with Gasteiger partial charge in [0.05, 0.1) is 6.10 Å². The molecule has 3 N–H and O–H groups in total. The minimum Gasteiger partial charge on any atom is -0.392 e. The monoisotopic (exact) mass is 299 g/mol. The summed E-state index contributed by atoms with van der Waals surface area (Å²) in [4.78, 5) is 0. The second kappa shape index (κ2) is 5.25. The van der Waals surface area contributed by atoms with Crippen molar-refractivity contribution < 1.29 is 5.11 Å². The molecule has 2 aliphatic rings. The molecule has 2 aliphatic carbocycles. The number of fused-ring (bicyclic) bond motifs is 1. The molecule has 4 unspecified atom stereocenters. The van der Waals surface area contributed by atoms with Gasteiger partial charge in [-0.05, 0) is 54.7 Å². The van der Waals surface area contributed by atoms with Crippen molar-refractivity contribution in [2.24, 2.45) is 23.5 Å². The van der Waals surface area contributed by atoms with Crippen molar-refractivity contribution in [3.05, 3.63) is 33.8 Å². The molecule has 2 nitrogen and oxygen atoms in total. The lowest BCUT2D eigenvalue weighted by molar-refractivity contribution is 0.0790. The van der Waals surface area contributed by atoms with Gasteiger partial charge in [0.2, 0.25) is 0 Å². The number of rotatable bonds is 4. The third-order valence-corrected chi connectivity index (χ3v) is 5.35. The summed E-state index contributed by atoms with van der Waals surface area (Å²) < 4.78 is 0. The van der Waals surface area contributed by atoms with Gasteiger partial charge in [-0.2, -0.15) is 0 Å². The molecule has 4 atom stereocenters. The van der Waals surface area contributed by atoms with E-state index in [0.29, 0.717) is 22.5 Å². The molecular formula is C15H19Cl2NO. The van der Waals surface area contributed by atoms with Gasteiger partial charge in [-0.1, -0.05) is 29.3 Å². The Morgan fingerprint density at radius 1 is 1.21 bits per heavy atom. The highest BCUT2D eigenvalue weighted by molar-refractivity contribution is 6.35. The third kappa shape index (κ3) is 2.64. The average molecular weight is 300 g/mol. The van der Waals surface area contributed by atoms with Gasteiger partial charge in [-0.3, -0.25) is 0 Å². The second-order valence-electron chi connectivity index (χ2n) is 5.99. The number of halogens is 2. The molecule has 0 saturated heterocycles. The van der Waals surface area contributed by atoms with E-state index in [1.54, 1.807) is 6.07 Å². The SMILES string of the molecule is NCC(c1ccc(Cl)cc1Cl)C(O)C1CC2CC2C1. The topological polar surface area (TPSA) is 46.2 Å². The van der Waals surface area contributed by atoms with E-state index in [1.165, 1.54) is 6.42 Å². The van der Waals surface area contributed by atoms with Crippen LogP contribution in [-0.2, 0) is 0 Å². The molecule has 0 amide bonds. The first kappa shape index (κ1) is 13.7. The van der Waals surface area contributed by atoms with Crippen LogP contribution in [-0.4, -0.2) is 17.8 Å². The fourth-order valence-corrected chi connectivity index (χ4v) is 4.17. The van der Waals surface area contributed by atoms with E-state index in [4.69, 9.17) is 28.9 Å². The van der Waals surface area contributed by atoms with Gasteiger partial charge in [-0.15, -0.1) is 0 Å². The minimum absolute atomic E-state index is 0.0905. The predicted molar refractivity (Wildman–Crippen MR) is 78.6 cm³/mol. The summed E-state index contributed by atoms with van der Waals surface area (Å²) in [5.74, 6) is 2.01. The molecule has 2 fully saturated rings. The molecule has 104 valence electrons. The molecule has 0 aromatic heterocycles. The smallest absolute Gasteiger partial charge is 0.0649 e. The summed E-state index contributed by atoms with van der Waals surface area (Å²) >= 11 is 12.2. The molecule has 3 rings (SSSR count). The number of aliphatic hydroxyl groups is 1. The minimum atomic E-state index is -0.392. The van der Waals surface area contributed by atoms with Crippen molar-refractivity contribution >= 4 is 23.2 Å². The van der Waals surface area contributed by atoms with Crippen molar-refractivity contribution in [2.45, 2.75) is 31.3 Å². The maximum atomic E-state index is 10.6. The van der Waals surface area contributed by atoms with E-state index in [2.05, 4.69) is 0 Å². The Morgan fingerprint density at radius 2 is 1.89 bits per heavy atom. The summed E-state index contributed by atoms with van der Waals surface area (Å²) in [5, 5.41) is 11.8. The van der Waals surface area contributed by atoms with Crippen LogP contribution in [0.2, 0.25) is 10.0 Å². The molecule has 0 heterocycles. The third-order valence-electron chi connectivity index (χ3n) is 4.79. The first-order valence-electron chi connectivity index (χ1n) is 6.93. The van der Waals surface area contributed by atoms with Crippen LogP contribution >= 0.6 is 23.2 Å². The molecule has 1 aromatic carbocycles. The van der Waals surface area contributed by atoms with Crippen molar-refractivity contribution in [3.8, 4) is 0 Å². The van der Waals surface area contributed by atoms with Crippen molar-refractivity contribution in [3.63, 3.8) is 0 Å². The zero-order valence-electron chi connectivity index (χ0n) is 10.7. The Kier molecular flexibility index (Phi) is 3.78. The van der Waals surface area contributed by atoms with E-state index in [1.807, 2.05) is 12.1 Å². The van der Waals surface area contributed by atoms with Gasteiger partial charge in [0.1, 0.15) is 0 Å². The van der Waals surface area contributed by atoms with Crippen LogP contribution in [0.5, 0.6) is 0 Å². The Bertz CT molecular complexity index is 469. The van der Waals surface area contributed by atoms with Crippen LogP contribution in [0.15, 0.2) is 18.2 Å². The summed E-state index contributed by atoms with van der Waals surface area (Å²) in [5.41, 5.74) is 6.79. The molecule has 1 aromatic rings. The normalized spacial score (nSPS) is 31.9. The zero-order chi connectivity index (χ0) is 13.6. The first-order valence-corrected chi connectivity index (χ1v) is 7.68. The van der Waals surface area contributed by atoms with Gasteiger partial charge in [0, 0.05) is 22.5 Å². The molecule has 2 saturated carbocycles. The summed E-state index contributed by atoms with van der Waals surface area (Å²) in [6.07, 6.45) is 3.26. The van der Waals surface area contributed by atoms with Crippen LogP contribution in [0.4, 0.5) is 0 Å². The standard InChI is InChI=1S/C15H19Cl2NO/c16-11-1-2-12(14(17)6-11)13(7-18)15(19)10-4-8-3-9(8)5-10/h1-2,6,8-10,13,15,19H,3-5,7,18H2. The molecule has 0 radical (unpaired) electrons. The van der Waals surface area contributed by atoms with Gasteiger partial charge >= 0.3 is 0 Å². The number of aliphatic hydroxyl groups excluding tert-OH is 1. The predicted octanol–water partition coefficient (Wildman–Crippen LogP) is 3.44. The molecule has 19 heavy (non-hydrogen) atoms. The van der Waals surface area contributed by atoms with Crippen molar-refractivity contribution in [1.82, 2.24) is 0 Å². The number of benzene rings is 1. The molecular weight excluding hydrogens is 281 g/mol. The number of hydrogen-bond acceptors (Lipinski definition) is 2. The van der Waals surface area contributed by atoms with E-state index >= 15 is 0 Å².